The van der Waals surface area contributed by atoms with Gasteiger partial charge in [0.15, 0.2) is 6.10 Å². The number of hydrogen-bond acceptors (Lipinski definition) is 6. The first-order chi connectivity index (χ1) is 30.0. The number of hydrogen-bond donors (Lipinski definition) is 0. The molecular weight excluding hydrogens is 757 g/mol. The second kappa shape index (κ2) is 49.8. The van der Waals surface area contributed by atoms with Crippen molar-refractivity contribution < 1.29 is 28.6 Å². The summed E-state index contributed by atoms with van der Waals surface area (Å²) in [6, 6.07) is 0. The normalized spacial score (nSPS) is 12.5. The van der Waals surface area contributed by atoms with Gasteiger partial charge in [-0.2, -0.15) is 0 Å². The summed E-state index contributed by atoms with van der Waals surface area (Å²) in [4.78, 5) is 37.9. The number of allylic oxidation sites excluding steroid dienone is 10. The molecule has 6 heteroatoms. The maximum absolute atomic E-state index is 12.8. The highest BCUT2D eigenvalue weighted by Crippen LogP contribution is 2.15. The lowest BCUT2D eigenvalue weighted by molar-refractivity contribution is -0.167. The summed E-state index contributed by atoms with van der Waals surface area (Å²) >= 11 is 0. The molecule has 61 heavy (non-hydrogen) atoms. The van der Waals surface area contributed by atoms with Crippen LogP contribution in [0.5, 0.6) is 0 Å². The van der Waals surface area contributed by atoms with Gasteiger partial charge in [-0.05, 0) is 83.5 Å². The molecule has 0 saturated carbocycles. The third kappa shape index (κ3) is 48.0. The van der Waals surface area contributed by atoms with Crippen molar-refractivity contribution in [3.8, 4) is 0 Å². The van der Waals surface area contributed by atoms with Gasteiger partial charge in [-0.25, -0.2) is 0 Å². The van der Waals surface area contributed by atoms with Crippen molar-refractivity contribution in [3.63, 3.8) is 0 Å². The second-order valence-corrected chi connectivity index (χ2v) is 17.1. The van der Waals surface area contributed by atoms with Crippen LogP contribution in [0.15, 0.2) is 60.8 Å². The maximum Gasteiger partial charge on any atom is 0.306 e. The summed E-state index contributed by atoms with van der Waals surface area (Å²) in [7, 11) is 0. The Morgan fingerprint density at radius 2 is 0.639 bits per heavy atom. The van der Waals surface area contributed by atoms with E-state index in [0.29, 0.717) is 19.3 Å². The van der Waals surface area contributed by atoms with E-state index in [1.807, 2.05) is 0 Å². The van der Waals surface area contributed by atoms with Gasteiger partial charge in [-0.3, -0.25) is 14.4 Å². The van der Waals surface area contributed by atoms with E-state index in [0.717, 1.165) is 96.3 Å². The summed E-state index contributed by atoms with van der Waals surface area (Å²) in [6.45, 7) is 6.48. The van der Waals surface area contributed by atoms with Crippen molar-refractivity contribution in [3.05, 3.63) is 60.8 Å². The van der Waals surface area contributed by atoms with Gasteiger partial charge in [0.05, 0.1) is 0 Å². The molecule has 0 N–H and O–H groups in total. The van der Waals surface area contributed by atoms with Crippen LogP contribution in [0.1, 0.15) is 252 Å². The fourth-order valence-electron chi connectivity index (χ4n) is 7.13. The Kier molecular flexibility index (Phi) is 47.4. The summed E-state index contributed by atoms with van der Waals surface area (Å²) in [5.41, 5.74) is 0. The van der Waals surface area contributed by atoms with Crippen LogP contribution >= 0.6 is 0 Å². The van der Waals surface area contributed by atoms with Gasteiger partial charge in [0.1, 0.15) is 13.2 Å². The Labute approximate surface area is 377 Å². The number of rotatable bonds is 46. The van der Waals surface area contributed by atoms with Crippen LogP contribution in [0, 0.1) is 0 Å². The highest BCUT2D eigenvalue weighted by atomic mass is 16.6. The van der Waals surface area contributed by atoms with Crippen molar-refractivity contribution in [1.82, 2.24) is 0 Å². The van der Waals surface area contributed by atoms with Gasteiger partial charge in [0, 0.05) is 19.3 Å². The van der Waals surface area contributed by atoms with E-state index >= 15 is 0 Å². The van der Waals surface area contributed by atoms with Crippen LogP contribution in [-0.4, -0.2) is 37.2 Å². The van der Waals surface area contributed by atoms with Gasteiger partial charge in [-0.1, -0.05) is 210 Å². The molecule has 0 aliphatic rings. The first-order valence-corrected chi connectivity index (χ1v) is 25.8. The van der Waals surface area contributed by atoms with Gasteiger partial charge < -0.3 is 14.2 Å². The molecule has 1 unspecified atom stereocenters. The Bertz CT molecular complexity index is 1120. The van der Waals surface area contributed by atoms with Crippen LogP contribution in [0.3, 0.4) is 0 Å². The minimum atomic E-state index is -0.789. The molecule has 0 heterocycles. The fraction of sp³-hybridized carbons (Fsp3) is 0.764. The third-order valence-corrected chi connectivity index (χ3v) is 11.0. The fourth-order valence-corrected chi connectivity index (χ4v) is 7.13. The number of carbonyl (C=O) groups is 3. The molecule has 0 aromatic rings. The minimum Gasteiger partial charge on any atom is -0.462 e. The molecule has 0 aromatic heterocycles. The number of unbranched alkanes of at least 4 members (excludes halogenated alkanes) is 25. The molecule has 0 aliphatic heterocycles. The van der Waals surface area contributed by atoms with Crippen molar-refractivity contribution in [2.45, 2.75) is 258 Å². The Morgan fingerprint density at radius 1 is 0.344 bits per heavy atom. The highest BCUT2D eigenvalue weighted by Gasteiger charge is 2.19. The molecule has 0 fully saturated rings. The summed E-state index contributed by atoms with van der Waals surface area (Å²) in [5.74, 6) is -0.921. The smallest absolute Gasteiger partial charge is 0.306 e. The average molecular weight is 853 g/mol. The summed E-state index contributed by atoms with van der Waals surface area (Å²) < 4.78 is 16.8. The van der Waals surface area contributed by atoms with E-state index < -0.39 is 6.10 Å². The Balaban J connectivity index is 4.39. The molecule has 0 saturated heterocycles. The topological polar surface area (TPSA) is 78.9 Å². The molecule has 0 rings (SSSR count). The lowest BCUT2D eigenvalue weighted by atomic mass is 10.0. The van der Waals surface area contributed by atoms with Crippen LogP contribution in [0.2, 0.25) is 0 Å². The molecule has 0 bridgehead atoms. The summed E-state index contributed by atoms with van der Waals surface area (Å²) in [6.07, 6.45) is 60.6. The number of ether oxygens (including phenoxy) is 3. The average Bonchev–Trinajstić information content (AvgIpc) is 3.26. The van der Waals surface area contributed by atoms with E-state index in [-0.39, 0.29) is 31.1 Å². The quantitative estimate of drug-likeness (QED) is 0.0263. The standard InChI is InChI=1S/C55H96O6/c1-4-7-10-13-16-19-22-25-26-27-28-29-31-33-36-39-42-45-48-54(57)60-51-52(50-59-53(56)47-44-41-38-35-32-24-21-18-15-12-9-6-3)61-55(58)49-46-43-40-37-34-30-23-20-17-14-11-8-5-2/h8,11,17,19-20,22,26-27,30,34,52H,4-7,9-10,12-16,18,21,23-25,28-29,31-33,35-51H2,1-3H3/b11-8-,20-17-,22-19-,27-26-,34-30-. The van der Waals surface area contributed by atoms with Crippen LogP contribution in [0.4, 0.5) is 0 Å². The molecule has 0 spiro atoms. The maximum atomic E-state index is 12.8. The molecule has 0 aromatic carbocycles. The van der Waals surface area contributed by atoms with Gasteiger partial charge in [0.25, 0.3) is 0 Å². The second-order valence-electron chi connectivity index (χ2n) is 17.1. The lowest BCUT2D eigenvalue weighted by Crippen LogP contribution is -2.30. The third-order valence-electron chi connectivity index (χ3n) is 11.0. The zero-order valence-electron chi connectivity index (χ0n) is 40.2. The first-order valence-electron chi connectivity index (χ1n) is 25.8. The molecule has 0 radical (unpaired) electrons. The molecule has 0 amide bonds. The van der Waals surface area contributed by atoms with E-state index in [1.54, 1.807) is 0 Å². The lowest BCUT2D eigenvalue weighted by Gasteiger charge is -2.18. The van der Waals surface area contributed by atoms with Gasteiger partial charge >= 0.3 is 17.9 Å². The predicted octanol–water partition coefficient (Wildman–Crippen LogP) is 16.9. The minimum absolute atomic E-state index is 0.0870. The monoisotopic (exact) mass is 853 g/mol. The van der Waals surface area contributed by atoms with E-state index in [2.05, 4.69) is 81.5 Å². The van der Waals surface area contributed by atoms with E-state index in [4.69, 9.17) is 14.2 Å². The molecule has 0 aliphatic carbocycles. The first kappa shape index (κ1) is 58.1. The van der Waals surface area contributed by atoms with Gasteiger partial charge in [0.2, 0.25) is 0 Å². The van der Waals surface area contributed by atoms with Crippen molar-refractivity contribution in [2.75, 3.05) is 13.2 Å². The zero-order valence-corrected chi connectivity index (χ0v) is 40.2. The molecule has 352 valence electrons. The van der Waals surface area contributed by atoms with E-state index in [9.17, 15) is 14.4 Å². The van der Waals surface area contributed by atoms with Crippen molar-refractivity contribution >= 4 is 17.9 Å². The van der Waals surface area contributed by atoms with Crippen LogP contribution < -0.4 is 0 Å². The molecule has 6 nitrogen and oxygen atoms in total. The molecular formula is C55H96O6. The van der Waals surface area contributed by atoms with Crippen LogP contribution in [-0.2, 0) is 28.6 Å². The Hall–Kier alpha value is -2.89. The summed E-state index contributed by atoms with van der Waals surface area (Å²) in [5, 5.41) is 0. The van der Waals surface area contributed by atoms with Crippen molar-refractivity contribution in [2.24, 2.45) is 0 Å². The van der Waals surface area contributed by atoms with Crippen molar-refractivity contribution in [1.29, 1.82) is 0 Å². The SMILES string of the molecule is CC/C=C\C/C=C\C/C=C\CCCCCC(=O)OC(COC(=O)CCCCCCCCC/C=C\C/C=C\CCCCCC)COC(=O)CCCCCCCCCCCCCC. The van der Waals surface area contributed by atoms with E-state index in [1.165, 1.54) is 116 Å². The zero-order chi connectivity index (χ0) is 44.4. The van der Waals surface area contributed by atoms with Crippen LogP contribution in [0.25, 0.3) is 0 Å². The molecule has 1 atom stereocenters. The predicted molar refractivity (Wildman–Crippen MR) is 261 cm³/mol. The highest BCUT2D eigenvalue weighted by molar-refractivity contribution is 5.71. The number of esters is 3. The van der Waals surface area contributed by atoms with Gasteiger partial charge in [-0.15, -0.1) is 0 Å². The largest absolute Gasteiger partial charge is 0.462 e. The Morgan fingerprint density at radius 3 is 1.03 bits per heavy atom. The number of carbonyl (C=O) groups excluding carboxylic acids is 3.